The summed E-state index contributed by atoms with van der Waals surface area (Å²) in [5.74, 6) is 1.80. The lowest BCUT2D eigenvalue weighted by atomic mass is 9.71. The monoisotopic (exact) mass is 1380 g/mol. The van der Waals surface area contributed by atoms with Crippen LogP contribution in [0.1, 0.15) is 195 Å². The summed E-state index contributed by atoms with van der Waals surface area (Å²) in [7, 11) is 0. The zero-order valence-corrected chi connectivity index (χ0v) is 65.1. The third-order valence-corrected chi connectivity index (χ3v) is 25.0. The van der Waals surface area contributed by atoms with Crippen molar-refractivity contribution in [3.8, 4) is 0 Å². The highest BCUT2D eigenvalue weighted by Gasteiger charge is 2.51. The molecule has 0 radical (unpaired) electrons. The van der Waals surface area contributed by atoms with Gasteiger partial charge in [0.25, 0.3) is 0 Å². The molecule has 0 atom stereocenters. The standard InChI is InChI=1S/C15H28N2O.C14H26N2O.2C13H24N2O.2C12H22N2O.CH4/c1-13(18)11-16-8-5-15(12-16)6-9-17(10-7-15)14(2,3)4;1-12(2)16-9-6-14(11-16)4-7-15(8-5-14)10-13(3)17;1-11(2)15-6-4-13(5-7-15)9-14(10-13)8-12(3)16;1-11(2)15-9-13(10-15)4-6-14(7-5-13)8-12(3)16;1-10(2)14-5-4-12(9-14)7-13(8-12)6-11(3)15;1-10(2)14-8-12(9-14)4-5-13(7-12)6-11(3)15;/h5-12H2,1-4H3;12H,4-11H2,1-3H3;2*11,16H,3-10H2,1-2H3;10,15H,3-9H2,1-2H3;10H,4-9H2,1-3H3;1H4. The maximum atomic E-state index is 11.2. The molecule has 0 bridgehead atoms. The van der Waals surface area contributed by atoms with Gasteiger partial charge in [0.05, 0.1) is 56.5 Å². The van der Waals surface area contributed by atoms with Gasteiger partial charge >= 0.3 is 0 Å². The summed E-state index contributed by atoms with van der Waals surface area (Å²) in [5.41, 5.74) is 3.59. The maximum absolute atomic E-state index is 11.2. The molecule has 0 saturated carbocycles. The highest BCUT2D eigenvalue weighted by atomic mass is 16.3. The fourth-order valence-electron chi connectivity index (χ4n) is 18.8. The largest absolute Gasteiger partial charge is 0.512 e. The van der Waals surface area contributed by atoms with Crippen molar-refractivity contribution < 1.29 is 29.7 Å². The minimum atomic E-state index is 0. The maximum Gasteiger partial charge on any atom is 0.143 e. The molecule has 12 heterocycles. The Kier molecular flexibility index (Phi) is 31.1. The Morgan fingerprint density at radius 2 is 0.531 bits per heavy atom. The second-order valence-electron chi connectivity index (χ2n) is 36.5. The van der Waals surface area contributed by atoms with Crippen molar-refractivity contribution in [1.29, 1.82) is 0 Å². The molecule has 12 aliphatic rings. The molecule has 18 heteroatoms. The molecule has 0 amide bonds. The Morgan fingerprint density at radius 3 is 0.908 bits per heavy atom. The van der Waals surface area contributed by atoms with Gasteiger partial charge in [0, 0.05) is 125 Å². The van der Waals surface area contributed by atoms with E-state index < -0.39 is 0 Å². The second-order valence-corrected chi connectivity index (χ2v) is 36.5. The highest BCUT2D eigenvalue weighted by Crippen LogP contribution is 2.46. The van der Waals surface area contributed by atoms with Gasteiger partial charge in [-0.15, -0.1) is 0 Å². The Labute approximate surface area is 599 Å². The summed E-state index contributed by atoms with van der Waals surface area (Å²) in [4.78, 5) is 62.7. The lowest BCUT2D eigenvalue weighted by molar-refractivity contribution is -0.119. The molecule has 0 aromatic rings. The normalized spacial score (nSPS) is 25.7. The Hall–Kier alpha value is -2.85. The van der Waals surface area contributed by atoms with Gasteiger partial charge in [-0.1, -0.05) is 27.2 Å². The summed E-state index contributed by atoms with van der Waals surface area (Å²) >= 11 is 0. The van der Waals surface area contributed by atoms with Crippen LogP contribution in [-0.4, -0.2) is 324 Å². The molecular weight excluding hydrogens is 1220 g/mol. The van der Waals surface area contributed by atoms with Crippen molar-refractivity contribution in [2.24, 2.45) is 32.5 Å². The minimum absolute atomic E-state index is 0. The fourth-order valence-corrected chi connectivity index (χ4v) is 18.8. The molecule has 12 saturated heterocycles. The summed E-state index contributed by atoms with van der Waals surface area (Å²) in [5, 5.41) is 27.4. The molecule has 3 N–H and O–H groups in total. The number of carbonyl (C=O) groups excluding carboxylic acids is 3. The first-order valence-electron chi connectivity index (χ1n) is 38.7. The number of ketones is 3. The van der Waals surface area contributed by atoms with E-state index in [1.807, 2.05) is 0 Å². The average Bonchev–Trinajstić information content (AvgIpc) is 1.13. The molecule has 12 rings (SSSR count). The van der Waals surface area contributed by atoms with Crippen LogP contribution in [0.5, 0.6) is 0 Å². The quantitative estimate of drug-likeness (QED) is 0.118. The Balaban J connectivity index is 0.000000185. The number of aliphatic hydroxyl groups is 3. The van der Waals surface area contributed by atoms with E-state index in [-0.39, 0.29) is 7.43 Å². The van der Waals surface area contributed by atoms with E-state index in [2.05, 4.69) is 169 Å². The van der Waals surface area contributed by atoms with Gasteiger partial charge < -0.3 is 30.0 Å². The van der Waals surface area contributed by atoms with E-state index in [1.54, 1.807) is 20.8 Å². The minimum Gasteiger partial charge on any atom is -0.512 e. The number of likely N-dealkylation sites (tertiary alicyclic amines) is 12. The van der Waals surface area contributed by atoms with Crippen LogP contribution >= 0.6 is 0 Å². The molecule has 0 aliphatic carbocycles. The number of hydrogen-bond acceptors (Lipinski definition) is 18. The molecule has 12 fully saturated rings. The zero-order chi connectivity index (χ0) is 71.5. The van der Waals surface area contributed by atoms with Gasteiger partial charge in [-0.2, -0.15) is 0 Å². The van der Waals surface area contributed by atoms with Crippen LogP contribution < -0.4 is 0 Å². The number of hydrogen-bond donors (Lipinski definition) is 3. The molecule has 0 aromatic heterocycles. The zero-order valence-electron chi connectivity index (χ0n) is 65.1. The highest BCUT2D eigenvalue weighted by molar-refractivity contribution is 5.78. The summed E-state index contributed by atoms with van der Waals surface area (Å²) in [6.45, 7) is 77.9. The lowest BCUT2D eigenvalue weighted by Gasteiger charge is -2.55. The van der Waals surface area contributed by atoms with Gasteiger partial charge in [-0.05, 0) is 288 Å². The first kappa shape index (κ1) is 84.1. The summed E-state index contributed by atoms with van der Waals surface area (Å²) in [6, 6.07) is 3.42. The predicted octanol–water partition coefficient (Wildman–Crippen LogP) is 10.8. The molecule has 18 nitrogen and oxygen atoms in total. The van der Waals surface area contributed by atoms with Gasteiger partial charge in [-0.3, -0.25) is 58.5 Å². The molecule has 0 unspecified atom stereocenters. The number of carbonyl (C=O) groups is 3. The van der Waals surface area contributed by atoms with E-state index in [1.165, 1.54) is 156 Å². The average molecular weight is 1380 g/mol. The van der Waals surface area contributed by atoms with Crippen molar-refractivity contribution in [2.45, 2.75) is 231 Å². The third kappa shape index (κ3) is 24.6. The number of piperidine rings is 4. The number of nitrogens with zero attached hydrogens (tertiary/aromatic N) is 12. The van der Waals surface area contributed by atoms with Crippen LogP contribution in [-0.2, 0) is 14.4 Å². The van der Waals surface area contributed by atoms with Crippen LogP contribution in [0, 0.1) is 32.5 Å². The SMILES string of the molecule is C.C=C(O)CN1CC2(CCN(C(C)C)C2)C1.C=C(O)CN1CC2(CCN(C(C)C)CC2)C1.C=C(O)CN1CCC2(CC1)CN(C(C)C)C2.CC(=O)CN1CCC2(C1)CN(C(C)C)C2.CC(=O)CN1CCC2(CC1)CCN(C(C)C)C2.CC(=O)CN1CCC2(CCN(C(C)(C)C)CC2)C1. The van der Waals surface area contributed by atoms with E-state index in [0.717, 1.165) is 78.5 Å². The van der Waals surface area contributed by atoms with E-state index in [9.17, 15) is 19.5 Å². The van der Waals surface area contributed by atoms with Gasteiger partial charge in [0.2, 0.25) is 0 Å². The smallest absolute Gasteiger partial charge is 0.143 e. The Bertz CT molecular complexity index is 2510. The van der Waals surface area contributed by atoms with Crippen LogP contribution in [0.3, 0.4) is 0 Å². The van der Waals surface area contributed by atoms with Crippen molar-refractivity contribution >= 4 is 17.3 Å². The van der Waals surface area contributed by atoms with Crippen LogP contribution in [0.2, 0.25) is 0 Å². The van der Waals surface area contributed by atoms with E-state index in [0.29, 0.717) is 142 Å². The van der Waals surface area contributed by atoms with Crippen molar-refractivity contribution in [2.75, 3.05) is 196 Å². The Morgan fingerprint density at radius 1 is 0.306 bits per heavy atom. The first-order chi connectivity index (χ1) is 45.3. The first-order valence-corrected chi connectivity index (χ1v) is 38.7. The molecule has 566 valence electrons. The van der Waals surface area contributed by atoms with Gasteiger partial charge in [0.15, 0.2) is 0 Å². The summed E-state index contributed by atoms with van der Waals surface area (Å²) < 4.78 is 0. The van der Waals surface area contributed by atoms with Crippen molar-refractivity contribution in [3.63, 3.8) is 0 Å². The molecular formula is C80H150N12O6. The van der Waals surface area contributed by atoms with Crippen molar-refractivity contribution in [3.05, 3.63) is 37.0 Å². The van der Waals surface area contributed by atoms with E-state index in [4.69, 9.17) is 10.2 Å². The van der Waals surface area contributed by atoms with Crippen LogP contribution in [0.4, 0.5) is 0 Å². The lowest BCUT2D eigenvalue weighted by Crippen LogP contribution is -2.62. The summed E-state index contributed by atoms with van der Waals surface area (Å²) in [6.07, 6.45) is 15.6. The predicted molar refractivity (Wildman–Crippen MR) is 408 cm³/mol. The van der Waals surface area contributed by atoms with Gasteiger partial charge in [0.1, 0.15) is 17.3 Å². The third-order valence-electron chi connectivity index (χ3n) is 25.0. The molecule has 98 heavy (non-hydrogen) atoms. The number of Topliss-reactive ketones (excluding diaryl/α,β-unsaturated/α-hetero) is 3. The molecule has 0 aromatic carbocycles. The van der Waals surface area contributed by atoms with E-state index >= 15 is 0 Å². The van der Waals surface area contributed by atoms with Crippen LogP contribution in [0.25, 0.3) is 0 Å². The number of rotatable bonds is 17. The molecule has 6 spiro atoms. The fraction of sp³-hybridized carbons (Fsp3) is 0.887. The molecule has 12 aliphatic heterocycles. The van der Waals surface area contributed by atoms with Crippen LogP contribution in [0.15, 0.2) is 37.0 Å². The van der Waals surface area contributed by atoms with Crippen molar-refractivity contribution in [1.82, 2.24) is 58.8 Å². The topological polar surface area (TPSA) is 151 Å². The number of aliphatic hydroxyl groups excluding tert-OH is 3. The second kappa shape index (κ2) is 36.2. The van der Waals surface area contributed by atoms with Gasteiger partial charge in [-0.25, -0.2) is 0 Å².